The number of benzene rings is 2. The van der Waals surface area contributed by atoms with Crippen molar-refractivity contribution in [2.24, 2.45) is 0 Å². The van der Waals surface area contributed by atoms with E-state index in [0.717, 1.165) is 16.0 Å². The van der Waals surface area contributed by atoms with E-state index < -0.39 is 0 Å². The summed E-state index contributed by atoms with van der Waals surface area (Å²) >= 11 is 1.73. The van der Waals surface area contributed by atoms with E-state index in [1.165, 1.54) is 4.26 Å². The summed E-state index contributed by atoms with van der Waals surface area (Å²) < 4.78 is 3.09. The van der Waals surface area contributed by atoms with Crippen molar-refractivity contribution in [2.45, 2.75) is 4.90 Å². The van der Waals surface area contributed by atoms with Gasteiger partial charge in [0.15, 0.2) is 0 Å². The van der Waals surface area contributed by atoms with Gasteiger partial charge in [-0.1, -0.05) is 0 Å². The quantitative estimate of drug-likeness (QED) is 0.535. The Hall–Kier alpha value is -1.22. The van der Waals surface area contributed by atoms with Gasteiger partial charge in [-0.3, -0.25) is 0 Å². The maximum atomic E-state index is 12.4. The van der Waals surface area contributed by atoms with Gasteiger partial charge in [-0.05, 0) is 0 Å². The average Bonchev–Trinajstić information content (AvgIpc) is 2.76. The Morgan fingerprint density at radius 1 is 1.06 bits per heavy atom. The number of nitrogens with zero attached hydrogens (tertiary/aromatic N) is 1. The van der Waals surface area contributed by atoms with Gasteiger partial charge in [-0.15, -0.1) is 0 Å². The molecule has 0 saturated carbocycles. The number of thioether (sulfide) groups is 1. The summed E-state index contributed by atoms with van der Waals surface area (Å²) in [5, 5.41) is 0.855. The van der Waals surface area contributed by atoms with Gasteiger partial charge in [0.1, 0.15) is 0 Å². The van der Waals surface area contributed by atoms with Gasteiger partial charge in [0, 0.05) is 0 Å². The van der Waals surface area contributed by atoms with Crippen LogP contribution in [0, 0.1) is 0 Å². The molecule has 3 rings (SSSR count). The monoisotopic (exact) mass is 321 g/mol. The molecule has 90 valence electrons. The third kappa shape index (κ3) is 1.87. The van der Waals surface area contributed by atoms with E-state index in [0.29, 0.717) is 0 Å². The maximum absolute atomic E-state index is 12.4. The van der Waals surface area contributed by atoms with Gasteiger partial charge in [0.05, 0.1) is 0 Å². The molecule has 0 saturated heterocycles. The van der Waals surface area contributed by atoms with Crippen LogP contribution in [0.2, 0.25) is 0 Å². The second kappa shape index (κ2) is 4.81. The molecule has 2 nitrogen and oxygen atoms in total. The molecule has 0 aliphatic rings. The van der Waals surface area contributed by atoms with E-state index in [4.69, 9.17) is 0 Å². The zero-order valence-electron chi connectivity index (χ0n) is 9.79. The molecule has 0 atom stereocenters. The van der Waals surface area contributed by atoms with E-state index in [1.807, 2.05) is 46.2 Å². The van der Waals surface area contributed by atoms with E-state index in [2.05, 4.69) is 12.1 Å². The van der Waals surface area contributed by atoms with Gasteiger partial charge in [-0.25, -0.2) is 0 Å². The Morgan fingerprint density at radius 2 is 1.78 bits per heavy atom. The van der Waals surface area contributed by atoms with Gasteiger partial charge >= 0.3 is 115 Å². The molecule has 0 aliphatic heterocycles. The Bertz CT molecular complexity index is 760. The molecular weight excluding hydrogens is 309 g/mol. The molecule has 0 bridgehead atoms. The third-order valence-corrected chi connectivity index (χ3v) is 5.88. The molecule has 4 heteroatoms. The van der Waals surface area contributed by atoms with Crippen LogP contribution in [0.4, 0.5) is 0 Å². The molecule has 1 heterocycles. The van der Waals surface area contributed by atoms with Crippen molar-refractivity contribution < 1.29 is 0 Å². The number of para-hydroxylation sites is 1. The van der Waals surface area contributed by atoms with Crippen LogP contribution in [0.1, 0.15) is 0 Å². The van der Waals surface area contributed by atoms with Crippen LogP contribution in [0.5, 0.6) is 0 Å². The van der Waals surface area contributed by atoms with Crippen molar-refractivity contribution in [3.63, 3.8) is 0 Å². The summed E-state index contributed by atoms with van der Waals surface area (Å²) in [5.74, 6) is 0. The Balaban J connectivity index is 2.32. The molecular formula is C14H11NOSSe. The minimum absolute atomic E-state index is 0.0551. The molecule has 18 heavy (non-hydrogen) atoms. The topological polar surface area (TPSA) is 22.0 Å². The van der Waals surface area contributed by atoms with Crippen LogP contribution in [0.15, 0.2) is 58.2 Å². The third-order valence-electron chi connectivity index (χ3n) is 2.80. The fourth-order valence-electron chi connectivity index (χ4n) is 1.93. The Labute approximate surface area is 115 Å². The van der Waals surface area contributed by atoms with Crippen molar-refractivity contribution in [3.05, 3.63) is 58.9 Å². The first kappa shape index (κ1) is 11.8. The second-order valence-electron chi connectivity index (χ2n) is 3.86. The van der Waals surface area contributed by atoms with Gasteiger partial charge in [0.25, 0.3) is 0 Å². The average molecular weight is 320 g/mol. The predicted octanol–water partition coefficient (Wildman–Crippen LogP) is 2.77. The summed E-state index contributed by atoms with van der Waals surface area (Å²) in [4.78, 5) is 13.6. The predicted molar refractivity (Wildman–Crippen MR) is 78.3 cm³/mol. The molecule has 0 radical (unpaired) electrons. The van der Waals surface area contributed by atoms with E-state index >= 15 is 0 Å². The fraction of sp³-hybridized carbons (Fsp3) is 0.0714. The number of rotatable bonds is 2. The molecule has 0 unspecified atom stereocenters. The molecule has 0 spiro atoms. The SMILES string of the molecule is CSc1ccccc1-n1[se]c2ccccc2c1=O. The van der Waals surface area contributed by atoms with E-state index in [9.17, 15) is 4.79 Å². The number of aromatic nitrogens is 1. The molecule has 0 fully saturated rings. The molecule has 0 amide bonds. The van der Waals surface area contributed by atoms with Crippen molar-refractivity contribution in [1.29, 1.82) is 0 Å². The molecule has 0 N–H and O–H groups in total. The van der Waals surface area contributed by atoms with Crippen molar-refractivity contribution in [3.8, 4) is 5.69 Å². The van der Waals surface area contributed by atoms with Crippen molar-refractivity contribution in [1.82, 2.24) is 3.56 Å². The van der Waals surface area contributed by atoms with Crippen molar-refractivity contribution >= 4 is 36.1 Å². The summed E-state index contributed by atoms with van der Waals surface area (Å²) in [6.45, 7) is 0. The Kier molecular flexibility index (Phi) is 3.16. The standard InChI is InChI=1S/C14H11NOSSe/c1-17-12-8-4-3-7-11(12)15-14(16)10-6-2-5-9-13(10)18-15/h2-9H,1H3. The zero-order chi connectivity index (χ0) is 12.5. The normalized spacial score (nSPS) is 10.9. The summed E-state index contributed by atoms with van der Waals surface area (Å²) in [7, 11) is 0. The summed E-state index contributed by atoms with van der Waals surface area (Å²) in [6, 6.07) is 16.0. The first-order chi connectivity index (χ1) is 8.81. The van der Waals surface area contributed by atoms with Crippen LogP contribution < -0.4 is 5.56 Å². The summed E-state index contributed by atoms with van der Waals surface area (Å²) in [5.41, 5.74) is 1.17. The second-order valence-corrected chi connectivity index (χ2v) is 6.78. The van der Waals surface area contributed by atoms with Crippen LogP contribution >= 0.6 is 11.8 Å². The zero-order valence-corrected chi connectivity index (χ0v) is 12.3. The van der Waals surface area contributed by atoms with E-state index in [-0.39, 0.29) is 20.3 Å². The van der Waals surface area contributed by atoms with E-state index in [1.54, 1.807) is 11.8 Å². The molecule has 1 aromatic heterocycles. The first-order valence-electron chi connectivity index (χ1n) is 5.56. The summed E-state index contributed by atoms with van der Waals surface area (Å²) in [6.07, 6.45) is 2.04. The Morgan fingerprint density at radius 3 is 2.56 bits per heavy atom. The van der Waals surface area contributed by atoms with Gasteiger partial charge < -0.3 is 0 Å². The van der Waals surface area contributed by atoms with Crippen LogP contribution in [0.25, 0.3) is 15.3 Å². The fourth-order valence-corrected chi connectivity index (χ4v) is 4.80. The molecule has 2 aromatic carbocycles. The van der Waals surface area contributed by atoms with Gasteiger partial charge in [-0.2, -0.15) is 0 Å². The van der Waals surface area contributed by atoms with Gasteiger partial charge in [0.2, 0.25) is 0 Å². The molecule has 3 aromatic rings. The van der Waals surface area contributed by atoms with Crippen LogP contribution in [0.3, 0.4) is 0 Å². The number of hydrogen-bond donors (Lipinski definition) is 0. The van der Waals surface area contributed by atoms with Crippen LogP contribution in [-0.4, -0.2) is 24.6 Å². The van der Waals surface area contributed by atoms with Crippen molar-refractivity contribution in [2.75, 3.05) is 6.26 Å². The minimum atomic E-state index is 0.0551. The van der Waals surface area contributed by atoms with Crippen LogP contribution in [-0.2, 0) is 0 Å². The number of fused-ring (bicyclic) bond motifs is 1. The molecule has 0 aliphatic carbocycles. The number of hydrogen-bond acceptors (Lipinski definition) is 2. The first-order valence-corrected chi connectivity index (χ1v) is 8.40.